The van der Waals surface area contributed by atoms with Crippen LogP contribution in [0.3, 0.4) is 0 Å². The lowest BCUT2D eigenvalue weighted by atomic mass is 10.1. The lowest BCUT2D eigenvalue weighted by Gasteiger charge is -2.25. The fourth-order valence-corrected chi connectivity index (χ4v) is 1.47. The third-order valence-corrected chi connectivity index (χ3v) is 2.07. The Kier molecular flexibility index (Phi) is 3.36. The third-order valence-electron chi connectivity index (χ3n) is 2.07. The molecule has 1 aliphatic heterocycles. The molecule has 0 saturated carbocycles. The van der Waals surface area contributed by atoms with Gasteiger partial charge in [0, 0.05) is 6.54 Å². The molecule has 1 rings (SSSR count). The van der Waals surface area contributed by atoms with E-state index in [1.807, 2.05) is 6.92 Å². The molecule has 1 aliphatic rings. The molecule has 0 spiro atoms. The molecule has 1 heterocycles. The van der Waals surface area contributed by atoms with Gasteiger partial charge in [-0.3, -0.25) is 4.90 Å². The Morgan fingerprint density at radius 3 is 2.55 bits per heavy atom. The van der Waals surface area contributed by atoms with E-state index >= 15 is 0 Å². The van der Waals surface area contributed by atoms with Crippen molar-refractivity contribution in [2.75, 3.05) is 19.6 Å². The van der Waals surface area contributed by atoms with Crippen LogP contribution in [0.4, 0.5) is 0 Å². The van der Waals surface area contributed by atoms with Gasteiger partial charge < -0.3 is 5.21 Å². The summed E-state index contributed by atoms with van der Waals surface area (Å²) in [5.74, 6) is 0. The van der Waals surface area contributed by atoms with Crippen molar-refractivity contribution in [2.45, 2.75) is 26.2 Å². The summed E-state index contributed by atoms with van der Waals surface area (Å²) in [6.45, 7) is 5.00. The van der Waals surface area contributed by atoms with E-state index < -0.39 is 0 Å². The van der Waals surface area contributed by atoms with Crippen LogP contribution in [0.25, 0.3) is 0 Å². The van der Waals surface area contributed by atoms with Crippen LogP contribution in [0.1, 0.15) is 26.2 Å². The maximum Gasteiger partial charge on any atom is 0.0679 e. The van der Waals surface area contributed by atoms with E-state index in [1.54, 1.807) is 0 Å². The second kappa shape index (κ2) is 4.34. The van der Waals surface area contributed by atoms with Gasteiger partial charge in [-0.05, 0) is 32.9 Å². The molecule has 64 valence electrons. The van der Waals surface area contributed by atoms with Crippen LogP contribution >= 0.6 is 0 Å². The molecule has 0 amide bonds. The Morgan fingerprint density at radius 2 is 2.00 bits per heavy atom. The molecular formula is C8H16N2O. The van der Waals surface area contributed by atoms with Gasteiger partial charge in [0.2, 0.25) is 0 Å². The monoisotopic (exact) mass is 156 g/mol. The average molecular weight is 156 g/mol. The first-order valence-corrected chi connectivity index (χ1v) is 4.23. The summed E-state index contributed by atoms with van der Waals surface area (Å²) in [5, 5.41) is 11.6. The first kappa shape index (κ1) is 8.53. The summed E-state index contributed by atoms with van der Waals surface area (Å²) in [5.41, 5.74) is 0.812. The molecule has 0 unspecified atom stereocenters. The first-order valence-electron chi connectivity index (χ1n) is 4.23. The minimum Gasteiger partial charge on any atom is -0.411 e. The van der Waals surface area contributed by atoms with Crippen LogP contribution in [0.15, 0.2) is 5.16 Å². The van der Waals surface area contributed by atoms with Gasteiger partial charge >= 0.3 is 0 Å². The number of piperidine rings is 1. The number of hydrogen-bond acceptors (Lipinski definition) is 3. The maximum atomic E-state index is 8.43. The molecule has 0 aromatic carbocycles. The SMILES string of the molecule is CC(CN1CCCCC1)=NO. The first-order chi connectivity index (χ1) is 5.33. The van der Waals surface area contributed by atoms with Crippen molar-refractivity contribution in [3.05, 3.63) is 0 Å². The normalized spacial score (nSPS) is 22.1. The van der Waals surface area contributed by atoms with Gasteiger partial charge in [0.05, 0.1) is 5.71 Å². The Morgan fingerprint density at radius 1 is 1.36 bits per heavy atom. The second-order valence-corrected chi connectivity index (χ2v) is 3.17. The molecule has 0 bridgehead atoms. The summed E-state index contributed by atoms with van der Waals surface area (Å²) < 4.78 is 0. The van der Waals surface area contributed by atoms with E-state index in [4.69, 9.17) is 5.21 Å². The highest BCUT2D eigenvalue weighted by atomic mass is 16.4. The Labute approximate surface area is 67.7 Å². The third kappa shape index (κ3) is 2.89. The zero-order valence-electron chi connectivity index (χ0n) is 7.08. The molecule has 1 fully saturated rings. The summed E-state index contributed by atoms with van der Waals surface area (Å²) in [6.07, 6.45) is 3.93. The molecule has 0 aromatic heterocycles. The van der Waals surface area contributed by atoms with Crippen molar-refractivity contribution in [2.24, 2.45) is 5.16 Å². The maximum absolute atomic E-state index is 8.43. The van der Waals surface area contributed by atoms with Crippen LogP contribution in [-0.4, -0.2) is 35.5 Å². The van der Waals surface area contributed by atoms with Crippen molar-refractivity contribution in [3.63, 3.8) is 0 Å². The average Bonchev–Trinajstić information content (AvgIpc) is 2.06. The van der Waals surface area contributed by atoms with E-state index in [0.29, 0.717) is 0 Å². The highest BCUT2D eigenvalue weighted by Gasteiger charge is 2.10. The van der Waals surface area contributed by atoms with Crippen LogP contribution in [0, 0.1) is 0 Å². The fourth-order valence-electron chi connectivity index (χ4n) is 1.47. The smallest absolute Gasteiger partial charge is 0.0679 e. The molecule has 11 heavy (non-hydrogen) atoms. The Balaban J connectivity index is 2.24. The number of oxime groups is 1. The number of nitrogens with zero attached hydrogens (tertiary/aromatic N) is 2. The minimum absolute atomic E-state index is 0.812. The quantitative estimate of drug-likeness (QED) is 0.372. The van der Waals surface area contributed by atoms with E-state index in [9.17, 15) is 0 Å². The van der Waals surface area contributed by atoms with Gasteiger partial charge in [-0.15, -0.1) is 0 Å². The highest BCUT2D eigenvalue weighted by Crippen LogP contribution is 2.07. The molecule has 0 radical (unpaired) electrons. The molecule has 1 saturated heterocycles. The van der Waals surface area contributed by atoms with Crippen LogP contribution in [0.5, 0.6) is 0 Å². The van der Waals surface area contributed by atoms with Crippen molar-refractivity contribution >= 4 is 5.71 Å². The molecule has 3 nitrogen and oxygen atoms in total. The van der Waals surface area contributed by atoms with Gasteiger partial charge in [0.1, 0.15) is 0 Å². The lowest BCUT2D eigenvalue weighted by molar-refractivity contribution is 0.252. The second-order valence-electron chi connectivity index (χ2n) is 3.17. The molecule has 0 aromatic rings. The van der Waals surface area contributed by atoms with E-state index in [2.05, 4.69) is 10.1 Å². The standard InChI is InChI=1S/C8H16N2O/c1-8(9-11)7-10-5-3-2-4-6-10/h11H,2-7H2,1H3. The summed E-state index contributed by atoms with van der Waals surface area (Å²) in [6, 6.07) is 0. The van der Waals surface area contributed by atoms with Crippen LogP contribution < -0.4 is 0 Å². The van der Waals surface area contributed by atoms with Crippen molar-refractivity contribution in [1.82, 2.24) is 4.90 Å². The summed E-state index contributed by atoms with van der Waals surface area (Å²) in [7, 11) is 0. The Hall–Kier alpha value is -0.570. The summed E-state index contributed by atoms with van der Waals surface area (Å²) in [4.78, 5) is 2.33. The number of hydrogen-bond donors (Lipinski definition) is 1. The predicted octanol–water partition coefficient (Wildman–Crippen LogP) is 1.32. The topological polar surface area (TPSA) is 35.8 Å². The fraction of sp³-hybridized carbons (Fsp3) is 0.875. The highest BCUT2D eigenvalue weighted by molar-refractivity contribution is 5.83. The number of likely N-dealkylation sites (tertiary alicyclic amines) is 1. The zero-order chi connectivity index (χ0) is 8.10. The van der Waals surface area contributed by atoms with Gasteiger partial charge in [-0.1, -0.05) is 11.6 Å². The van der Waals surface area contributed by atoms with Crippen molar-refractivity contribution in [3.8, 4) is 0 Å². The van der Waals surface area contributed by atoms with E-state index in [1.165, 1.54) is 19.3 Å². The molecule has 0 atom stereocenters. The van der Waals surface area contributed by atoms with Gasteiger partial charge in [-0.2, -0.15) is 0 Å². The molecule has 3 heteroatoms. The van der Waals surface area contributed by atoms with Gasteiger partial charge in [0.15, 0.2) is 0 Å². The van der Waals surface area contributed by atoms with Crippen molar-refractivity contribution in [1.29, 1.82) is 0 Å². The summed E-state index contributed by atoms with van der Waals surface area (Å²) >= 11 is 0. The van der Waals surface area contributed by atoms with E-state index in [-0.39, 0.29) is 0 Å². The minimum atomic E-state index is 0.812. The van der Waals surface area contributed by atoms with Gasteiger partial charge in [0.25, 0.3) is 0 Å². The molecule has 1 N–H and O–H groups in total. The zero-order valence-corrected chi connectivity index (χ0v) is 7.08. The van der Waals surface area contributed by atoms with Crippen molar-refractivity contribution < 1.29 is 5.21 Å². The number of rotatable bonds is 2. The Bertz CT molecular complexity index is 139. The predicted molar refractivity (Wildman–Crippen MR) is 45.2 cm³/mol. The van der Waals surface area contributed by atoms with Crippen LogP contribution in [-0.2, 0) is 0 Å². The molecular weight excluding hydrogens is 140 g/mol. The van der Waals surface area contributed by atoms with E-state index in [0.717, 1.165) is 25.3 Å². The van der Waals surface area contributed by atoms with Crippen LogP contribution in [0.2, 0.25) is 0 Å². The lowest BCUT2D eigenvalue weighted by Crippen LogP contribution is -2.33. The largest absolute Gasteiger partial charge is 0.411 e. The van der Waals surface area contributed by atoms with Gasteiger partial charge in [-0.25, -0.2) is 0 Å². The molecule has 0 aliphatic carbocycles.